The van der Waals surface area contributed by atoms with Crippen molar-refractivity contribution in [2.45, 2.75) is 20.0 Å². The molecule has 8 heteroatoms. The molecule has 0 radical (unpaired) electrons. The predicted octanol–water partition coefficient (Wildman–Crippen LogP) is 1.56. The third-order valence-corrected chi connectivity index (χ3v) is 2.83. The Hall–Kier alpha value is -2.77. The number of hydrogen-bond donors (Lipinski definition) is 1. The van der Waals surface area contributed by atoms with Crippen LogP contribution in [0.1, 0.15) is 11.3 Å². The van der Waals surface area contributed by atoms with Crippen molar-refractivity contribution in [3.8, 4) is 0 Å². The quantitative estimate of drug-likeness (QED) is 0.668. The van der Waals surface area contributed by atoms with Crippen LogP contribution in [0.4, 0.5) is 10.1 Å². The highest BCUT2D eigenvalue weighted by molar-refractivity contribution is 5.75. The van der Waals surface area contributed by atoms with Crippen molar-refractivity contribution in [3.63, 3.8) is 0 Å². The first-order valence-corrected chi connectivity index (χ1v) is 6.15. The van der Waals surface area contributed by atoms with Gasteiger partial charge in [0.2, 0.25) is 5.91 Å². The van der Waals surface area contributed by atoms with E-state index in [1.165, 1.54) is 29.9 Å². The van der Waals surface area contributed by atoms with Gasteiger partial charge in [-0.05, 0) is 24.6 Å². The van der Waals surface area contributed by atoms with Gasteiger partial charge in [0, 0.05) is 6.54 Å². The fourth-order valence-electron chi connectivity index (χ4n) is 1.77. The Morgan fingerprint density at radius 1 is 1.43 bits per heavy atom. The monoisotopic (exact) mass is 292 g/mol. The lowest BCUT2D eigenvalue weighted by molar-refractivity contribution is -0.385. The van der Waals surface area contributed by atoms with Crippen LogP contribution in [0.5, 0.6) is 0 Å². The summed E-state index contributed by atoms with van der Waals surface area (Å²) in [5.41, 5.74) is 0.889. The first kappa shape index (κ1) is 14.6. The normalized spacial score (nSPS) is 10.4. The molecule has 7 nitrogen and oxygen atoms in total. The highest BCUT2D eigenvalue weighted by atomic mass is 19.1. The maximum Gasteiger partial charge on any atom is 0.309 e. The Balaban J connectivity index is 1.91. The largest absolute Gasteiger partial charge is 0.350 e. The Labute approximate surface area is 119 Å². The second-order valence-corrected chi connectivity index (χ2v) is 4.46. The van der Waals surface area contributed by atoms with E-state index in [0.29, 0.717) is 0 Å². The summed E-state index contributed by atoms with van der Waals surface area (Å²) >= 11 is 0. The Morgan fingerprint density at radius 2 is 2.10 bits per heavy atom. The van der Waals surface area contributed by atoms with Crippen LogP contribution in [-0.4, -0.2) is 20.6 Å². The van der Waals surface area contributed by atoms with Crippen LogP contribution in [0.15, 0.2) is 30.5 Å². The molecule has 1 aromatic carbocycles. The number of carbonyl (C=O) groups is 1. The van der Waals surface area contributed by atoms with Crippen LogP contribution < -0.4 is 5.32 Å². The molecule has 0 saturated heterocycles. The zero-order valence-electron chi connectivity index (χ0n) is 11.2. The van der Waals surface area contributed by atoms with Crippen LogP contribution in [0.25, 0.3) is 0 Å². The van der Waals surface area contributed by atoms with Crippen LogP contribution in [0.3, 0.4) is 0 Å². The van der Waals surface area contributed by atoms with Gasteiger partial charge in [-0.3, -0.25) is 19.6 Å². The molecule has 0 unspecified atom stereocenters. The van der Waals surface area contributed by atoms with Crippen molar-refractivity contribution < 1.29 is 14.1 Å². The minimum atomic E-state index is -0.546. The minimum Gasteiger partial charge on any atom is -0.350 e. The molecule has 0 bridgehead atoms. The van der Waals surface area contributed by atoms with Gasteiger partial charge in [-0.1, -0.05) is 12.1 Å². The molecule has 1 aromatic heterocycles. The third-order valence-electron chi connectivity index (χ3n) is 2.83. The average molecular weight is 292 g/mol. The highest BCUT2D eigenvalue weighted by Crippen LogP contribution is 2.14. The summed E-state index contributed by atoms with van der Waals surface area (Å²) in [6, 6.07) is 5.75. The number of nitrogens with one attached hydrogen (secondary N) is 1. The van der Waals surface area contributed by atoms with Gasteiger partial charge >= 0.3 is 5.69 Å². The maximum atomic E-state index is 12.7. The number of hydrogen-bond acceptors (Lipinski definition) is 4. The standard InChI is InChI=1S/C13H13FN4O3/c1-9-12(18(20)21)7-17(16-9)8-13(19)15-6-10-2-4-11(14)5-3-10/h2-5,7H,6,8H2,1H3,(H,15,19). The number of aryl methyl sites for hydroxylation is 1. The fourth-order valence-corrected chi connectivity index (χ4v) is 1.77. The summed E-state index contributed by atoms with van der Waals surface area (Å²) in [5.74, 6) is -0.680. The van der Waals surface area contributed by atoms with Crippen molar-refractivity contribution in [1.82, 2.24) is 15.1 Å². The molecule has 0 atom stereocenters. The van der Waals surface area contributed by atoms with E-state index in [-0.39, 0.29) is 36.2 Å². The van der Waals surface area contributed by atoms with Gasteiger partial charge in [0.15, 0.2) is 0 Å². The van der Waals surface area contributed by atoms with Gasteiger partial charge in [-0.25, -0.2) is 4.39 Å². The average Bonchev–Trinajstić information content (AvgIpc) is 2.79. The summed E-state index contributed by atoms with van der Waals surface area (Å²) in [5, 5.41) is 17.2. The minimum absolute atomic E-state index is 0.115. The number of aromatic nitrogens is 2. The molecule has 110 valence electrons. The molecule has 0 aliphatic heterocycles. The number of nitrogens with zero attached hydrogens (tertiary/aromatic N) is 3. The molecule has 1 amide bonds. The number of carbonyl (C=O) groups excluding carboxylic acids is 1. The van der Waals surface area contributed by atoms with E-state index in [0.717, 1.165) is 5.56 Å². The van der Waals surface area contributed by atoms with Crippen LogP contribution in [0.2, 0.25) is 0 Å². The molecule has 21 heavy (non-hydrogen) atoms. The molecule has 0 aliphatic carbocycles. The van der Waals surface area contributed by atoms with Gasteiger partial charge in [0.1, 0.15) is 24.3 Å². The summed E-state index contributed by atoms with van der Waals surface area (Å²) in [7, 11) is 0. The first-order valence-electron chi connectivity index (χ1n) is 6.15. The first-order chi connectivity index (χ1) is 9.95. The number of nitro groups is 1. The molecule has 0 aliphatic rings. The summed E-state index contributed by atoms with van der Waals surface area (Å²) in [6.45, 7) is 1.64. The summed E-state index contributed by atoms with van der Waals surface area (Å²) in [4.78, 5) is 21.9. The zero-order chi connectivity index (χ0) is 15.4. The summed E-state index contributed by atoms with van der Waals surface area (Å²) < 4.78 is 13.9. The van der Waals surface area contributed by atoms with Crippen LogP contribution in [-0.2, 0) is 17.9 Å². The number of halogens is 1. The molecule has 2 aromatic rings. The van der Waals surface area contributed by atoms with Crippen molar-refractivity contribution in [3.05, 3.63) is 57.7 Å². The molecular weight excluding hydrogens is 279 g/mol. The van der Waals surface area contributed by atoms with Gasteiger partial charge in [0.25, 0.3) is 0 Å². The van der Waals surface area contributed by atoms with E-state index in [4.69, 9.17) is 0 Å². The van der Waals surface area contributed by atoms with E-state index in [2.05, 4.69) is 10.4 Å². The topological polar surface area (TPSA) is 90.1 Å². The molecule has 1 N–H and O–H groups in total. The van der Waals surface area contributed by atoms with Gasteiger partial charge < -0.3 is 5.32 Å². The van der Waals surface area contributed by atoms with E-state index >= 15 is 0 Å². The maximum absolute atomic E-state index is 12.7. The van der Waals surface area contributed by atoms with Gasteiger partial charge in [-0.15, -0.1) is 0 Å². The lowest BCUT2D eigenvalue weighted by Gasteiger charge is -2.05. The van der Waals surface area contributed by atoms with Crippen molar-refractivity contribution in [2.24, 2.45) is 0 Å². The van der Waals surface area contributed by atoms with Crippen molar-refractivity contribution >= 4 is 11.6 Å². The van der Waals surface area contributed by atoms with Crippen molar-refractivity contribution in [2.75, 3.05) is 0 Å². The van der Waals surface area contributed by atoms with E-state index in [1.54, 1.807) is 12.1 Å². The van der Waals surface area contributed by atoms with Crippen LogP contribution in [0, 0.1) is 22.9 Å². The van der Waals surface area contributed by atoms with E-state index in [1.807, 2.05) is 0 Å². The predicted molar refractivity (Wildman–Crippen MR) is 71.9 cm³/mol. The second kappa shape index (κ2) is 6.12. The van der Waals surface area contributed by atoms with Gasteiger partial charge in [0.05, 0.1) is 4.92 Å². The fraction of sp³-hybridized carbons (Fsp3) is 0.231. The second-order valence-electron chi connectivity index (χ2n) is 4.46. The Kier molecular flexibility index (Phi) is 4.27. The number of benzene rings is 1. The molecule has 2 rings (SSSR count). The van der Waals surface area contributed by atoms with Crippen LogP contribution >= 0.6 is 0 Å². The molecule has 0 fully saturated rings. The lowest BCUT2D eigenvalue weighted by Crippen LogP contribution is -2.27. The molecular formula is C13H13FN4O3. The number of rotatable bonds is 5. The van der Waals surface area contributed by atoms with Gasteiger partial charge in [-0.2, -0.15) is 5.10 Å². The van der Waals surface area contributed by atoms with Crippen molar-refractivity contribution in [1.29, 1.82) is 0 Å². The SMILES string of the molecule is Cc1nn(CC(=O)NCc2ccc(F)cc2)cc1[N+](=O)[O-]. The Bertz CT molecular complexity index is 667. The van der Waals surface area contributed by atoms with E-state index in [9.17, 15) is 19.3 Å². The third kappa shape index (κ3) is 3.85. The Morgan fingerprint density at radius 3 is 2.67 bits per heavy atom. The summed E-state index contributed by atoms with van der Waals surface area (Å²) in [6.07, 6.45) is 1.22. The molecule has 1 heterocycles. The number of amides is 1. The smallest absolute Gasteiger partial charge is 0.309 e. The lowest BCUT2D eigenvalue weighted by atomic mass is 10.2. The zero-order valence-corrected chi connectivity index (χ0v) is 11.2. The highest BCUT2D eigenvalue weighted by Gasteiger charge is 2.16. The molecule has 0 spiro atoms. The van der Waals surface area contributed by atoms with E-state index < -0.39 is 4.92 Å². The molecule has 0 saturated carbocycles.